The van der Waals surface area contributed by atoms with E-state index in [9.17, 15) is 0 Å². The van der Waals surface area contributed by atoms with Crippen LogP contribution in [0.15, 0.2) is 29.5 Å². The van der Waals surface area contributed by atoms with E-state index in [1.54, 1.807) is 18.5 Å². The van der Waals surface area contributed by atoms with Gasteiger partial charge in [0.25, 0.3) is 0 Å². The molecular formula is C9H15N3. The minimum absolute atomic E-state index is 0.557. The summed E-state index contributed by atoms with van der Waals surface area (Å²) in [6, 6.07) is 0. The number of rotatable bonds is 5. The Labute approximate surface area is 73.4 Å². The molecule has 0 aromatic heterocycles. The second-order valence-corrected chi connectivity index (χ2v) is 2.56. The van der Waals surface area contributed by atoms with E-state index in [4.69, 9.17) is 5.41 Å². The van der Waals surface area contributed by atoms with Gasteiger partial charge in [-0.05, 0) is 18.2 Å². The van der Waals surface area contributed by atoms with Crippen LogP contribution in [0.1, 0.15) is 13.8 Å². The second-order valence-electron chi connectivity index (χ2n) is 2.56. The molecule has 3 nitrogen and oxygen atoms in total. The summed E-state index contributed by atoms with van der Waals surface area (Å²) in [5.41, 5.74) is 0. The van der Waals surface area contributed by atoms with E-state index in [2.05, 4.69) is 30.2 Å². The molecule has 0 spiro atoms. The van der Waals surface area contributed by atoms with Gasteiger partial charge in [0.15, 0.2) is 0 Å². The summed E-state index contributed by atoms with van der Waals surface area (Å²) in [5.74, 6) is 0.557. The van der Waals surface area contributed by atoms with Gasteiger partial charge < -0.3 is 5.32 Å². The Morgan fingerprint density at radius 1 is 1.33 bits per heavy atom. The normalized spacial score (nSPS) is 12.2. The van der Waals surface area contributed by atoms with Crippen molar-refractivity contribution in [3.8, 4) is 0 Å². The molecule has 0 bridgehead atoms. The fraction of sp³-hybridized carbons (Fsp3) is 0.333. The lowest BCUT2D eigenvalue weighted by atomic mass is 10.2. The molecule has 0 unspecified atom stereocenters. The van der Waals surface area contributed by atoms with E-state index in [0.717, 1.165) is 6.34 Å². The molecule has 0 aromatic rings. The first-order chi connectivity index (χ1) is 5.77. The molecule has 2 N–H and O–H groups in total. The van der Waals surface area contributed by atoms with Crippen LogP contribution in [0.3, 0.4) is 0 Å². The Bertz CT molecular complexity index is 190. The zero-order valence-electron chi connectivity index (χ0n) is 7.49. The topological polar surface area (TPSA) is 48.2 Å². The lowest BCUT2D eigenvalue weighted by molar-refractivity contribution is 0.824. The van der Waals surface area contributed by atoms with Gasteiger partial charge in [-0.15, -0.1) is 0 Å². The molecule has 0 atom stereocenters. The van der Waals surface area contributed by atoms with E-state index in [-0.39, 0.29) is 0 Å². The largest absolute Gasteiger partial charge is 0.368 e. The Kier molecular flexibility index (Phi) is 6.84. The van der Waals surface area contributed by atoms with Crippen molar-refractivity contribution in [3.05, 3.63) is 24.6 Å². The first-order valence-corrected chi connectivity index (χ1v) is 3.87. The second kappa shape index (κ2) is 7.72. The molecule has 0 heterocycles. The summed E-state index contributed by atoms with van der Waals surface area (Å²) >= 11 is 0. The van der Waals surface area contributed by atoms with Crippen LogP contribution < -0.4 is 5.32 Å². The van der Waals surface area contributed by atoms with E-state index in [1.807, 2.05) is 6.20 Å². The lowest BCUT2D eigenvalue weighted by Crippen LogP contribution is -1.92. The fourth-order valence-electron chi connectivity index (χ4n) is 0.495. The molecule has 0 fully saturated rings. The van der Waals surface area contributed by atoms with Gasteiger partial charge in [0.2, 0.25) is 0 Å². The zero-order valence-corrected chi connectivity index (χ0v) is 7.49. The highest BCUT2D eigenvalue weighted by atomic mass is 14.8. The molecule has 0 aliphatic rings. The van der Waals surface area contributed by atoms with E-state index in [1.165, 1.54) is 0 Å². The number of hydrogen-bond acceptors (Lipinski definition) is 2. The first kappa shape index (κ1) is 10.6. The minimum Gasteiger partial charge on any atom is -0.368 e. The minimum atomic E-state index is 0.557. The summed E-state index contributed by atoms with van der Waals surface area (Å²) < 4.78 is 0. The maximum absolute atomic E-state index is 6.58. The van der Waals surface area contributed by atoms with Crippen LogP contribution in [-0.4, -0.2) is 12.6 Å². The molecule has 12 heavy (non-hydrogen) atoms. The maximum atomic E-state index is 6.58. The number of hydrogen-bond donors (Lipinski definition) is 2. The first-order valence-electron chi connectivity index (χ1n) is 3.87. The predicted octanol–water partition coefficient (Wildman–Crippen LogP) is 1.94. The highest BCUT2D eigenvalue weighted by molar-refractivity contribution is 5.78. The highest BCUT2D eigenvalue weighted by Gasteiger charge is 1.79. The fourth-order valence-corrected chi connectivity index (χ4v) is 0.495. The van der Waals surface area contributed by atoms with Gasteiger partial charge >= 0.3 is 0 Å². The smallest absolute Gasteiger partial charge is 0.106 e. The summed E-state index contributed by atoms with van der Waals surface area (Å²) in [6.07, 6.45) is 9.95. The van der Waals surface area contributed by atoms with Gasteiger partial charge in [-0.1, -0.05) is 19.9 Å². The summed E-state index contributed by atoms with van der Waals surface area (Å²) in [4.78, 5) is 3.57. The van der Waals surface area contributed by atoms with Crippen molar-refractivity contribution in [1.82, 2.24) is 5.32 Å². The summed E-state index contributed by atoms with van der Waals surface area (Å²) in [5, 5.41) is 9.53. The van der Waals surface area contributed by atoms with Crippen molar-refractivity contribution in [1.29, 1.82) is 5.41 Å². The Balaban J connectivity index is 3.48. The molecule has 0 aromatic carbocycles. The average molecular weight is 165 g/mol. The van der Waals surface area contributed by atoms with Crippen molar-refractivity contribution in [2.75, 3.05) is 0 Å². The number of nitrogens with zero attached hydrogens (tertiary/aromatic N) is 1. The molecule has 3 heteroatoms. The molecule has 66 valence electrons. The van der Waals surface area contributed by atoms with Crippen molar-refractivity contribution in [2.45, 2.75) is 13.8 Å². The predicted molar refractivity (Wildman–Crippen MR) is 53.5 cm³/mol. The van der Waals surface area contributed by atoms with Gasteiger partial charge in [-0.25, -0.2) is 4.99 Å². The molecule has 0 aliphatic carbocycles. The molecular weight excluding hydrogens is 150 g/mol. The Morgan fingerprint density at radius 2 is 2.08 bits per heavy atom. The van der Waals surface area contributed by atoms with E-state index < -0.39 is 0 Å². The van der Waals surface area contributed by atoms with Crippen LogP contribution in [0.25, 0.3) is 0 Å². The van der Waals surface area contributed by atoms with E-state index in [0.29, 0.717) is 5.92 Å². The molecule has 0 saturated heterocycles. The molecule has 0 aliphatic heterocycles. The van der Waals surface area contributed by atoms with E-state index >= 15 is 0 Å². The third-order valence-electron chi connectivity index (χ3n) is 1.02. The molecule has 0 saturated carbocycles. The quantitative estimate of drug-likeness (QED) is 0.474. The number of nitrogens with one attached hydrogen (secondary N) is 2. The summed E-state index contributed by atoms with van der Waals surface area (Å²) in [6.45, 7) is 4.22. The standard InChI is InChI=1S/C9H15N3/c1-9(2)4-7-11-5-3-6-12-8-10/h3-11H,1-2H3/b5-3-,7-4-,10-8?,12-6-. The van der Waals surface area contributed by atoms with Crippen LogP contribution in [-0.2, 0) is 0 Å². The molecule has 0 amide bonds. The Hall–Kier alpha value is -1.38. The molecule has 0 radical (unpaired) electrons. The van der Waals surface area contributed by atoms with Crippen LogP contribution >= 0.6 is 0 Å². The highest BCUT2D eigenvalue weighted by Crippen LogP contribution is 1.90. The lowest BCUT2D eigenvalue weighted by Gasteiger charge is -1.92. The van der Waals surface area contributed by atoms with Gasteiger partial charge in [-0.3, -0.25) is 5.41 Å². The van der Waals surface area contributed by atoms with Gasteiger partial charge in [-0.2, -0.15) is 0 Å². The molecule has 0 rings (SSSR count). The SMILES string of the molecule is CC(C)/C=C\N/C=C\C=N/C=N. The monoisotopic (exact) mass is 165 g/mol. The number of aliphatic imine (C=N–C) groups is 1. The van der Waals surface area contributed by atoms with Crippen LogP contribution in [0.2, 0.25) is 0 Å². The number of allylic oxidation sites excluding steroid dienone is 2. The van der Waals surface area contributed by atoms with Crippen molar-refractivity contribution in [2.24, 2.45) is 10.9 Å². The Morgan fingerprint density at radius 3 is 2.67 bits per heavy atom. The maximum Gasteiger partial charge on any atom is 0.106 e. The third kappa shape index (κ3) is 8.62. The van der Waals surface area contributed by atoms with Crippen molar-refractivity contribution in [3.63, 3.8) is 0 Å². The van der Waals surface area contributed by atoms with Crippen LogP contribution in [0.5, 0.6) is 0 Å². The van der Waals surface area contributed by atoms with Crippen molar-refractivity contribution < 1.29 is 0 Å². The van der Waals surface area contributed by atoms with Crippen molar-refractivity contribution >= 4 is 12.6 Å². The average Bonchev–Trinajstić information content (AvgIpc) is 2.02. The summed E-state index contributed by atoms with van der Waals surface area (Å²) in [7, 11) is 0. The van der Waals surface area contributed by atoms with Gasteiger partial charge in [0.1, 0.15) is 6.34 Å². The van der Waals surface area contributed by atoms with Gasteiger partial charge in [0, 0.05) is 12.4 Å². The van der Waals surface area contributed by atoms with Crippen LogP contribution in [0.4, 0.5) is 0 Å². The van der Waals surface area contributed by atoms with Crippen LogP contribution in [0, 0.1) is 11.3 Å². The zero-order chi connectivity index (χ0) is 9.23. The van der Waals surface area contributed by atoms with Gasteiger partial charge in [0.05, 0.1) is 0 Å². The third-order valence-corrected chi connectivity index (χ3v) is 1.02.